The largest absolute Gasteiger partial charge is 0.460 e. The van der Waals surface area contributed by atoms with E-state index < -0.39 is 0 Å². The molecule has 0 amide bonds. The summed E-state index contributed by atoms with van der Waals surface area (Å²) in [5.41, 5.74) is 6.86. The second-order valence-corrected chi connectivity index (χ2v) is 6.89. The van der Waals surface area contributed by atoms with Gasteiger partial charge in [0.25, 0.3) is 0 Å². The molecule has 1 saturated heterocycles. The van der Waals surface area contributed by atoms with E-state index in [0.29, 0.717) is 23.6 Å². The number of ether oxygens (including phenoxy) is 1. The van der Waals surface area contributed by atoms with Crippen LogP contribution in [0, 0.1) is 5.92 Å². The Bertz CT molecular complexity index is 762. The van der Waals surface area contributed by atoms with Crippen molar-refractivity contribution in [2.45, 2.75) is 58.6 Å². The fourth-order valence-corrected chi connectivity index (χ4v) is 3.31. The number of nitrogens with two attached hydrogens (primary N) is 1. The molecule has 1 atom stereocenters. The molecule has 2 aromatic heterocycles. The van der Waals surface area contributed by atoms with Crippen LogP contribution < -0.4 is 21.5 Å². The number of anilines is 1. The number of imidazole rings is 1. The van der Waals surface area contributed by atoms with Crippen LogP contribution in [0.2, 0.25) is 0 Å². The van der Waals surface area contributed by atoms with Crippen molar-refractivity contribution in [1.29, 1.82) is 0 Å². The highest BCUT2D eigenvalue weighted by Crippen LogP contribution is 2.21. The zero-order chi connectivity index (χ0) is 17.8. The van der Waals surface area contributed by atoms with Crippen molar-refractivity contribution in [2.24, 2.45) is 5.92 Å². The summed E-state index contributed by atoms with van der Waals surface area (Å²) in [5.74, 6) is 0.714. The second-order valence-electron chi connectivity index (χ2n) is 6.89. The lowest BCUT2D eigenvalue weighted by atomic mass is 9.98. The van der Waals surface area contributed by atoms with Gasteiger partial charge in [-0.1, -0.05) is 19.8 Å². The Kier molecular flexibility index (Phi) is 5.57. The van der Waals surface area contributed by atoms with Crippen molar-refractivity contribution in [2.75, 3.05) is 18.8 Å². The highest BCUT2D eigenvalue weighted by molar-refractivity contribution is 5.81. The lowest BCUT2D eigenvalue weighted by Crippen LogP contribution is -2.32. The topological polar surface area (TPSA) is 111 Å². The fourth-order valence-electron chi connectivity index (χ4n) is 3.31. The van der Waals surface area contributed by atoms with E-state index >= 15 is 0 Å². The van der Waals surface area contributed by atoms with Gasteiger partial charge in [-0.05, 0) is 45.2 Å². The average molecular weight is 348 g/mol. The van der Waals surface area contributed by atoms with E-state index in [2.05, 4.69) is 27.2 Å². The molecule has 4 N–H and O–H groups in total. The molecule has 3 heterocycles. The maximum Gasteiger partial charge on any atom is 0.327 e. The second kappa shape index (κ2) is 7.86. The number of hydrogen-bond acceptors (Lipinski definition) is 6. The molecule has 0 radical (unpaired) electrons. The molecule has 1 aliphatic rings. The SMILES string of the molecule is CCCC[C@H](C)Oc1nc(N)c2[nH]c(=O)n(CC3CCNCC3)c2n1. The van der Waals surface area contributed by atoms with Crippen LogP contribution in [0.25, 0.3) is 11.2 Å². The van der Waals surface area contributed by atoms with Gasteiger partial charge < -0.3 is 20.8 Å². The molecule has 3 rings (SSSR count). The lowest BCUT2D eigenvalue weighted by Gasteiger charge is -2.22. The molecule has 0 saturated carbocycles. The Morgan fingerprint density at radius 1 is 1.36 bits per heavy atom. The summed E-state index contributed by atoms with van der Waals surface area (Å²) in [6.07, 6.45) is 5.26. The zero-order valence-electron chi connectivity index (χ0n) is 15.0. The van der Waals surface area contributed by atoms with Crippen molar-refractivity contribution < 1.29 is 4.74 Å². The monoisotopic (exact) mass is 348 g/mol. The van der Waals surface area contributed by atoms with Crippen LogP contribution in [-0.4, -0.2) is 38.7 Å². The van der Waals surface area contributed by atoms with Crippen LogP contribution in [0.15, 0.2) is 4.79 Å². The van der Waals surface area contributed by atoms with Gasteiger partial charge in [0.1, 0.15) is 5.52 Å². The molecule has 8 heteroatoms. The Labute approximate surface area is 147 Å². The van der Waals surface area contributed by atoms with Gasteiger partial charge in [0.05, 0.1) is 6.10 Å². The number of hydrogen-bond donors (Lipinski definition) is 3. The fraction of sp³-hybridized carbons (Fsp3) is 0.706. The number of unbranched alkanes of at least 4 members (excludes halogenated alkanes) is 1. The predicted octanol–water partition coefficient (Wildman–Crippen LogP) is 1.66. The lowest BCUT2D eigenvalue weighted by molar-refractivity contribution is 0.191. The molecular weight excluding hydrogens is 320 g/mol. The molecule has 1 aliphatic heterocycles. The Morgan fingerprint density at radius 2 is 2.12 bits per heavy atom. The van der Waals surface area contributed by atoms with Gasteiger partial charge in [0.15, 0.2) is 11.5 Å². The number of aromatic nitrogens is 4. The first-order valence-corrected chi connectivity index (χ1v) is 9.22. The van der Waals surface area contributed by atoms with Crippen LogP contribution in [0.3, 0.4) is 0 Å². The molecule has 0 aromatic carbocycles. The molecule has 8 nitrogen and oxygen atoms in total. The molecule has 138 valence electrons. The molecular formula is C17H28N6O2. The third-order valence-corrected chi connectivity index (χ3v) is 4.80. The van der Waals surface area contributed by atoms with Gasteiger partial charge in [-0.3, -0.25) is 4.57 Å². The van der Waals surface area contributed by atoms with Crippen molar-refractivity contribution in [3.05, 3.63) is 10.5 Å². The summed E-state index contributed by atoms with van der Waals surface area (Å²) in [5, 5.41) is 3.34. The van der Waals surface area contributed by atoms with Crippen molar-refractivity contribution in [1.82, 2.24) is 24.8 Å². The normalized spacial score (nSPS) is 17.0. The van der Waals surface area contributed by atoms with Crippen LogP contribution in [0.5, 0.6) is 6.01 Å². The number of rotatable bonds is 7. The molecule has 0 spiro atoms. The summed E-state index contributed by atoms with van der Waals surface area (Å²) in [7, 11) is 0. The maximum atomic E-state index is 12.4. The first-order valence-electron chi connectivity index (χ1n) is 9.22. The standard InChI is InChI=1S/C17H28N6O2/c1-3-4-5-11(2)25-16-21-14(18)13-15(22-16)23(17(24)20-13)10-12-6-8-19-9-7-12/h11-12,19H,3-10H2,1-2H3,(H,20,24)(H2,18,21,22)/t11-/m0/s1. The first-order chi connectivity index (χ1) is 12.1. The van der Waals surface area contributed by atoms with Crippen LogP contribution in [0.4, 0.5) is 5.82 Å². The summed E-state index contributed by atoms with van der Waals surface area (Å²) in [4.78, 5) is 23.8. The van der Waals surface area contributed by atoms with Gasteiger partial charge in [-0.2, -0.15) is 9.97 Å². The minimum atomic E-state index is -0.189. The highest BCUT2D eigenvalue weighted by atomic mass is 16.5. The van der Waals surface area contributed by atoms with E-state index in [-0.39, 0.29) is 23.6 Å². The Hall–Kier alpha value is -2.09. The molecule has 0 bridgehead atoms. The minimum Gasteiger partial charge on any atom is -0.460 e. The van der Waals surface area contributed by atoms with Gasteiger partial charge in [-0.15, -0.1) is 0 Å². The first kappa shape index (κ1) is 17.7. The van der Waals surface area contributed by atoms with Crippen molar-refractivity contribution in [3.8, 4) is 6.01 Å². The van der Waals surface area contributed by atoms with E-state index in [1.165, 1.54) is 0 Å². The smallest absolute Gasteiger partial charge is 0.327 e. The number of nitrogens with zero attached hydrogens (tertiary/aromatic N) is 3. The summed E-state index contributed by atoms with van der Waals surface area (Å²) < 4.78 is 7.49. The van der Waals surface area contributed by atoms with E-state index in [1.54, 1.807) is 4.57 Å². The van der Waals surface area contributed by atoms with Crippen molar-refractivity contribution >= 4 is 17.0 Å². The summed E-state index contributed by atoms with van der Waals surface area (Å²) in [6, 6.07) is 0.242. The van der Waals surface area contributed by atoms with Gasteiger partial charge in [0, 0.05) is 6.54 Å². The molecule has 25 heavy (non-hydrogen) atoms. The van der Waals surface area contributed by atoms with Crippen molar-refractivity contribution in [3.63, 3.8) is 0 Å². The Morgan fingerprint density at radius 3 is 2.84 bits per heavy atom. The Balaban J connectivity index is 1.86. The van der Waals surface area contributed by atoms with Crippen LogP contribution in [0.1, 0.15) is 46.0 Å². The predicted molar refractivity (Wildman–Crippen MR) is 97.8 cm³/mol. The average Bonchev–Trinajstić information content (AvgIpc) is 2.91. The van der Waals surface area contributed by atoms with E-state index in [4.69, 9.17) is 10.5 Å². The zero-order valence-corrected chi connectivity index (χ0v) is 15.0. The van der Waals surface area contributed by atoms with Crippen LogP contribution in [-0.2, 0) is 6.54 Å². The summed E-state index contributed by atoms with van der Waals surface area (Å²) in [6.45, 7) is 6.76. The molecule has 1 fully saturated rings. The number of aromatic amines is 1. The maximum absolute atomic E-state index is 12.4. The summed E-state index contributed by atoms with van der Waals surface area (Å²) >= 11 is 0. The quantitative estimate of drug-likeness (QED) is 0.702. The molecule has 0 aliphatic carbocycles. The minimum absolute atomic E-state index is 0.0142. The third-order valence-electron chi connectivity index (χ3n) is 4.80. The van der Waals surface area contributed by atoms with E-state index in [0.717, 1.165) is 45.2 Å². The number of H-pyrrole nitrogens is 1. The number of nitrogens with one attached hydrogen (secondary N) is 2. The van der Waals surface area contributed by atoms with E-state index in [1.807, 2.05) is 6.92 Å². The molecule has 0 unspecified atom stereocenters. The number of piperidine rings is 1. The van der Waals surface area contributed by atoms with Crippen LogP contribution >= 0.6 is 0 Å². The highest BCUT2D eigenvalue weighted by Gasteiger charge is 2.20. The number of fused-ring (bicyclic) bond motifs is 1. The van der Waals surface area contributed by atoms with Gasteiger partial charge >= 0.3 is 11.7 Å². The number of nitrogen functional groups attached to an aromatic ring is 1. The molecule has 2 aromatic rings. The van der Waals surface area contributed by atoms with Gasteiger partial charge in [0.2, 0.25) is 0 Å². The van der Waals surface area contributed by atoms with Gasteiger partial charge in [-0.25, -0.2) is 4.79 Å². The van der Waals surface area contributed by atoms with E-state index in [9.17, 15) is 4.79 Å². The third kappa shape index (κ3) is 4.12.